The first-order valence-corrected chi connectivity index (χ1v) is 4.00. The summed E-state index contributed by atoms with van der Waals surface area (Å²) >= 11 is 5.55. The molecule has 0 fully saturated rings. The van der Waals surface area contributed by atoms with Gasteiger partial charge in [-0.2, -0.15) is 0 Å². The molecule has 0 heterocycles. The topological polar surface area (TPSA) is 23.1 Å². The van der Waals surface area contributed by atoms with Gasteiger partial charge in [0.05, 0.1) is 0 Å². The summed E-state index contributed by atoms with van der Waals surface area (Å²) in [6.45, 7) is 2.09. The van der Waals surface area contributed by atoms with Crippen LogP contribution in [0.4, 0.5) is 0 Å². The van der Waals surface area contributed by atoms with E-state index in [1.54, 1.807) is 0 Å². The van der Waals surface area contributed by atoms with Gasteiger partial charge in [-0.15, -0.1) is 11.8 Å². The van der Waals surface area contributed by atoms with Crippen molar-refractivity contribution in [3.63, 3.8) is 0 Å². The van der Waals surface area contributed by atoms with E-state index in [1.165, 1.54) is 11.8 Å². The maximum Gasteiger partial charge on any atom is 1.00 e. The summed E-state index contributed by atoms with van der Waals surface area (Å²) in [6, 6.07) is 0. The van der Waals surface area contributed by atoms with Crippen molar-refractivity contribution in [2.75, 3.05) is 5.75 Å². The van der Waals surface area contributed by atoms with Crippen LogP contribution in [0.1, 0.15) is 19.8 Å². The quantitative estimate of drug-likeness (QED) is 0.296. The zero-order chi connectivity index (χ0) is 6.41. The first-order chi connectivity index (χ1) is 3.77. The smallest absolute Gasteiger partial charge is 0.860 e. The molecule has 4 heteroatoms. The second-order valence-electron chi connectivity index (χ2n) is 1.45. The third-order valence-electron chi connectivity index (χ3n) is 0.718. The molecule has 1 nitrogen and oxygen atoms in total. The fraction of sp³-hybridized carbons (Fsp3) is 0.800. The molecule has 0 aliphatic heterocycles. The first-order valence-electron chi connectivity index (χ1n) is 2.61. The minimum atomic E-state index is -0.182. The zero-order valence-corrected chi connectivity index (χ0v) is 10.6. The zero-order valence-electron chi connectivity index (χ0n) is 5.85. The Kier molecular flexibility index (Phi) is 14.8. The summed E-state index contributed by atoms with van der Waals surface area (Å²) in [5.41, 5.74) is 0. The second kappa shape index (κ2) is 9.88. The minimum absolute atomic E-state index is 0. The Balaban J connectivity index is 0. The Labute approximate surface area is 108 Å². The average Bonchev–Trinajstić information content (AvgIpc) is 1.66. The molecule has 0 rings (SSSR count). The van der Waals surface area contributed by atoms with E-state index in [0.717, 1.165) is 18.6 Å². The molecule has 9 heavy (non-hydrogen) atoms. The molecule has 0 aliphatic carbocycles. The molecule has 0 aromatic rings. The molecule has 0 saturated carbocycles. The van der Waals surface area contributed by atoms with Crippen molar-refractivity contribution < 1.29 is 56.5 Å². The van der Waals surface area contributed by atoms with Crippen molar-refractivity contribution in [3.8, 4) is 0 Å². The van der Waals surface area contributed by atoms with Crippen LogP contribution in [0.2, 0.25) is 0 Å². The van der Waals surface area contributed by atoms with Gasteiger partial charge in [0.15, 0.2) is 0 Å². The fourth-order valence-electron chi connectivity index (χ4n) is 0.300. The van der Waals surface area contributed by atoms with E-state index in [4.69, 9.17) is 0 Å². The number of rotatable bonds is 3. The van der Waals surface area contributed by atoms with Gasteiger partial charge in [-0.1, -0.05) is 25.6 Å². The Morgan fingerprint density at radius 3 is 2.56 bits per heavy atom. The van der Waals surface area contributed by atoms with E-state index in [2.05, 4.69) is 19.1 Å². The van der Waals surface area contributed by atoms with Gasteiger partial charge in [0.1, 0.15) is 0 Å². The Morgan fingerprint density at radius 2 is 2.22 bits per heavy atom. The average molecular weight is 188 g/mol. The Bertz CT molecular complexity index is 77.4. The van der Waals surface area contributed by atoms with Crippen LogP contribution in [-0.4, -0.2) is 10.1 Å². The molecule has 0 N–H and O–H groups in total. The second-order valence-corrected chi connectivity index (χ2v) is 3.15. The third kappa shape index (κ3) is 13.0. The van der Waals surface area contributed by atoms with Crippen molar-refractivity contribution in [2.24, 2.45) is 0 Å². The monoisotopic (exact) mass is 188 g/mol. The van der Waals surface area contributed by atoms with Crippen LogP contribution >= 0.6 is 24.0 Å². The minimum Gasteiger partial charge on any atom is -0.860 e. The molecule has 0 aromatic carbocycles. The maximum atomic E-state index is 10.1. The SMILES string of the molecule is CCCCSC([O-])=S.[K+]. The predicted octanol–water partition coefficient (Wildman–Crippen LogP) is -1.83. The molecule has 0 atom stereocenters. The van der Waals surface area contributed by atoms with E-state index < -0.39 is 0 Å². The molecule has 0 saturated heterocycles. The fourth-order valence-corrected chi connectivity index (χ4v) is 1.15. The summed E-state index contributed by atoms with van der Waals surface area (Å²) in [4.78, 5) is 0. The first kappa shape index (κ1) is 13.5. The van der Waals surface area contributed by atoms with Crippen LogP contribution in [0.25, 0.3) is 0 Å². The maximum absolute atomic E-state index is 10.1. The standard InChI is InChI=1S/C5H10OS2.K/c1-2-3-4-8-5(6)7;/h2-4H2,1H3,(H,6,7);/q;+1/p-1. The predicted molar refractivity (Wildman–Crippen MR) is 40.0 cm³/mol. The number of hydrogen-bond donors (Lipinski definition) is 0. The van der Waals surface area contributed by atoms with Crippen LogP contribution < -0.4 is 56.5 Å². The van der Waals surface area contributed by atoms with Crippen LogP contribution in [-0.2, 0) is 0 Å². The van der Waals surface area contributed by atoms with Gasteiger partial charge in [0, 0.05) is 0 Å². The van der Waals surface area contributed by atoms with E-state index in [-0.39, 0.29) is 55.8 Å². The summed E-state index contributed by atoms with van der Waals surface area (Å²) in [5.74, 6) is 0.888. The van der Waals surface area contributed by atoms with Crippen molar-refractivity contribution >= 4 is 28.4 Å². The Morgan fingerprint density at radius 1 is 1.67 bits per heavy atom. The van der Waals surface area contributed by atoms with Crippen LogP contribution in [0.15, 0.2) is 0 Å². The molecule has 0 aromatic heterocycles. The normalized spacial score (nSPS) is 8.11. The molecule has 0 amide bonds. The van der Waals surface area contributed by atoms with Crippen molar-refractivity contribution in [1.29, 1.82) is 0 Å². The van der Waals surface area contributed by atoms with Crippen molar-refractivity contribution in [1.82, 2.24) is 0 Å². The van der Waals surface area contributed by atoms with Crippen LogP contribution in [0, 0.1) is 0 Å². The largest absolute Gasteiger partial charge is 1.00 e. The van der Waals surface area contributed by atoms with E-state index >= 15 is 0 Å². The van der Waals surface area contributed by atoms with Crippen molar-refractivity contribution in [2.45, 2.75) is 19.8 Å². The molecule has 0 aliphatic rings. The van der Waals surface area contributed by atoms with Gasteiger partial charge in [0.25, 0.3) is 0 Å². The van der Waals surface area contributed by atoms with Crippen LogP contribution in [0.5, 0.6) is 0 Å². The van der Waals surface area contributed by atoms with Gasteiger partial charge in [0.2, 0.25) is 0 Å². The van der Waals surface area contributed by atoms with Crippen molar-refractivity contribution in [3.05, 3.63) is 0 Å². The third-order valence-corrected chi connectivity index (χ3v) is 1.80. The van der Waals surface area contributed by atoms with E-state index in [1.807, 2.05) is 0 Å². The molecule has 0 spiro atoms. The number of unbranched alkanes of at least 4 members (excludes halogenated alkanes) is 1. The number of thioether (sulfide) groups is 1. The summed E-state index contributed by atoms with van der Waals surface area (Å²) < 4.78 is -0.182. The van der Waals surface area contributed by atoms with Gasteiger partial charge in [-0.05, 0) is 16.6 Å². The van der Waals surface area contributed by atoms with E-state index in [9.17, 15) is 5.11 Å². The molecule has 0 radical (unpaired) electrons. The van der Waals surface area contributed by atoms with Crippen LogP contribution in [0.3, 0.4) is 0 Å². The van der Waals surface area contributed by atoms with Gasteiger partial charge >= 0.3 is 51.4 Å². The number of thiocarbonyl (C=S) groups is 1. The molecule has 0 unspecified atom stereocenters. The molecule has 0 bridgehead atoms. The molecule has 48 valence electrons. The summed E-state index contributed by atoms with van der Waals surface area (Å²) in [5, 5.41) is 10.1. The molecular formula is C5H9KOS2. The Hall–Kier alpha value is 1.88. The summed E-state index contributed by atoms with van der Waals surface area (Å²) in [7, 11) is 0. The number of hydrogen-bond acceptors (Lipinski definition) is 3. The van der Waals surface area contributed by atoms with Gasteiger partial charge < -0.3 is 5.11 Å². The van der Waals surface area contributed by atoms with Gasteiger partial charge in [-0.3, -0.25) is 0 Å². The summed E-state index contributed by atoms with van der Waals surface area (Å²) in [6.07, 6.45) is 2.22. The molecular weight excluding hydrogens is 179 g/mol. The van der Waals surface area contributed by atoms with E-state index in [0.29, 0.717) is 0 Å². The van der Waals surface area contributed by atoms with Gasteiger partial charge in [-0.25, -0.2) is 0 Å².